The average molecular weight is 388 g/mol. The number of amides is 1. The number of nitrogens with zero attached hydrogens (tertiary/aromatic N) is 2. The quantitative estimate of drug-likeness (QED) is 0.576. The van der Waals surface area contributed by atoms with Gasteiger partial charge >= 0.3 is 0 Å². The molecule has 0 unspecified atom stereocenters. The Morgan fingerprint density at radius 1 is 1.26 bits per heavy atom. The van der Waals surface area contributed by atoms with Gasteiger partial charge in [0.25, 0.3) is 5.56 Å². The van der Waals surface area contributed by atoms with Gasteiger partial charge in [0.05, 0.1) is 16.7 Å². The fourth-order valence-corrected chi connectivity index (χ4v) is 4.33. The molecular formula is C21H29N3O2S. The summed E-state index contributed by atoms with van der Waals surface area (Å²) in [6.07, 6.45) is 6.71. The third kappa shape index (κ3) is 5.34. The van der Waals surface area contributed by atoms with Gasteiger partial charge in [-0.2, -0.15) is 0 Å². The van der Waals surface area contributed by atoms with Crippen LogP contribution in [-0.2, 0) is 11.3 Å². The molecule has 0 saturated heterocycles. The summed E-state index contributed by atoms with van der Waals surface area (Å²) in [5.74, 6) is 0.823. The van der Waals surface area contributed by atoms with Gasteiger partial charge in [-0.05, 0) is 37.3 Å². The fraction of sp³-hybridized carbons (Fsp3) is 0.571. The molecule has 1 fully saturated rings. The molecule has 0 spiro atoms. The highest BCUT2D eigenvalue weighted by atomic mass is 32.2. The van der Waals surface area contributed by atoms with E-state index in [1.54, 1.807) is 4.57 Å². The molecule has 1 aromatic carbocycles. The standard InChI is InChI=1S/C21H29N3O2S/c1-15(2)12-13-24-20(26)17-10-6-7-11-18(17)23-21(24)27-14-19(25)22-16-8-4-3-5-9-16/h6-7,10-11,15-16H,3-5,8-9,12-14H2,1-2H3,(H,22,25). The molecule has 0 atom stereocenters. The molecule has 1 aromatic heterocycles. The summed E-state index contributed by atoms with van der Waals surface area (Å²) < 4.78 is 1.74. The fourth-order valence-electron chi connectivity index (χ4n) is 3.49. The predicted octanol–water partition coefficient (Wildman–Crippen LogP) is 3.98. The molecule has 6 heteroatoms. The maximum absolute atomic E-state index is 12.9. The summed E-state index contributed by atoms with van der Waals surface area (Å²) in [6.45, 7) is 4.91. The summed E-state index contributed by atoms with van der Waals surface area (Å²) in [5, 5.41) is 4.41. The van der Waals surface area contributed by atoms with E-state index in [2.05, 4.69) is 24.1 Å². The van der Waals surface area contributed by atoms with Crippen LogP contribution in [0.15, 0.2) is 34.2 Å². The first-order chi connectivity index (χ1) is 13.0. The summed E-state index contributed by atoms with van der Waals surface area (Å²) in [7, 11) is 0. The van der Waals surface area contributed by atoms with Crippen molar-refractivity contribution in [2.45, 2.75) is 70.1 Å². The number of rotatable bonds is 7. The molecule has 1 aliphatic rings. The number of aromatic nitrogens is 2. The predicted molar refractivity (Wildman–Crippen MR) is 111 cm³/mol. The lowest BCUT2D eigenvalue weighted by Gasteiger charge is -2.22. The van der Waals surface area contributed by atoms with Crippen LogP contribution in [0.2, 0.25) is 0 Å². The van der Waals surface area contributed by atoms with E-state index in [0.29, 0.717) is 40.3 Å². The smallest absolute Gasteiger partial charge is 0.262 e. The minimum Gasteiger partial charge on any atom is -0.353 e. The monoisotopic (exact) mass is 387 g/mol. The number of hydrogen-bond donors (Lipinski definition) is 1. The summed E-state index contributed by atoms with van der Waals surface area (Å²) in [5.41, 5.74) is 0.676. The third-order valence-electron chi connectivity index (χ3n) is 5.06. The van der Waals surface area contributed by atoms with Gasteiger partial charge in [0.1, 0.15) is 0 Å². The summed E-state index contributed by atoms with van der Waals surface area (Å²) in [4.78, 5) is 30.0. The Hall–Kier alpha value is -1.82. The van der Waals surface area contributed by atoms with Gasteiger partial charge in [0.15, 0.2) is 5.16 Å². The Balaban J connectivity index is 1.76. The normalized spacial score (nSPS) is 15.4. The molecule has 0 bridgehead atoms. The van der Waals surface area contributed by atoms with Gasteiger partial charge in [-0.3, -0.25) is 14.2 Å². The number of carbonyl (C=O) groups is 1. The molecule has 1 heterocycles. The van der Waals surface area contributed by atoms with Crippen molar-refractivity contribution in [2.24, 2.45) is 5.92 Å². The molecule has 1 saturated carbocycles. The van der Waals surface area contributed by atoms with Crippen molar-refractivity contribution in [3.8, 4) is 0 Å². The van der Waals surface area contributed by atoms with Crippen molar-refractivity contribution in [1.82, 2.24) is 14.9 Å². The van der Waals surface area contributed by atoms with Gasteiger partial charge in [-0.25, -0.2) is 4.98 Å². The van der Waals surface area contributed by atoms with Gasteiger partial charge < -0.3 is 5.32 Å². The molecule has 5 nitrogen and oxygen atoms in total. The van der Waals surface area contributed by atoms with Crippen LogP contribution < -0.4 is 10.9 Å². The van der Waals surface area contributed by atoms with Gasteiger partial charge in [0.2, 0.25) is 5.91 Å². The zero-order chi connectivity index (χ0) is 19.2. The first kappa shape index (κ1) is 19.9. The molecule has 2 aromatic rings. The summed E-state index contributed by atoms with van der Waals surface area (Å²) in [6, 6.07) is 7.73. The highest BCUT2D eigenvalue weighted by molar-refractivity contribution is 7.99. The molecule has 146 valence electrons. The number of para-hydroxylation sites is 1. The molecule has 0 radical (unpaired) electrons. The van der Waals surface area contributed by atoms with Gasteiger partial charge in [0, 0.05) is 12.6 Å². The molecular weight excluding hydrogens is 358 g/mol. The van der Waals surface area contributed by atoms with E-state index in [4.69, 9.17) is 0 Å². The van der Waals surface area contributed by atoms with E-state index < -0.39 is 0 Å². The van der Waals surface area contributed by atoms with Crippen LogP contribution >= 0.6 is 11.8 Å². The van der Waals surface area contributed by atoms with Crippen molar-refractivity contribution in [3.05, 3.63) is 34.6 Å². The Morgan fingerprint density at radius 3 is 2.74 bits per heavy atom. The summed E-state index contributed by atoms with van der Waals surface area (Å²) >= 11 is 1.36. The zero-order valence-electron chi connectivity index (χ0n) is 16.2. The minimum atomic E-state index is -0.0172. The van der Waals surface area contributed by atoms with Crippen molar-refractivity contribution in [3.63, 3.8) is 0 Å². The Labute approximate surface area is 164 Å². The highest BCUT2D eigenvalue weighted by Gasteiger charge is 2.17. The molecule has 27 heavy (non-hydrogen) atoms. The van der Waals surface area contributed by atoms with Crippen LogP contribution in [0.25, 0.3) is 10.9 Å². The Morgan fingerprint density at radius 2 is 2.00 bits per heavy atom. The van der Waals surface area contributed by atoms with E-state index in [1.807, 2.05) is 24.3 Å². The van der Waals surface area contributed by atoms with Crippen LogP contribution in [-0.4, -0.2) is 27.3 Å². The van der Waals surface area contributed by atoms with Crippen molar-refractivity contribution in [1.29, 1.82) is 0 Å². The van der Waals surface area contributed by atoms with Crippen molar-refractivity contribution >= 4 is 28.6 Å². The Bertz CT molecular complexity index is 841. The highest BCUT2D eigenvalue weighted by Crippen LogP contribution is 2.20. The minimum absolute atomic E-state index is 0.0172. The maximum atomic E-state index is 12.9. The van der Waals surface area contributed by atoms with Crippen molar-refractivity contribution in [2.75, 3.05) is 5.75 Å². The van der Waals surface area contributed by atoms with Gasteiger partial charge in [-0.15, -0.1) is 0 Å². The number of carbonyl (C=O) groups excluding carboxylic acids is 1. The average Bonchev–Trinajstić information content (AvgIpc) is 2.66. The zero-order valence-corrected chi connectivity index (χ0v) is 17.1. The van der Waals surface area contributed by atoms with E-state index >= 15 is 0 Å². The second kappa shape index (κ2) is 9.40. The van der Waals surface area contributed by atoms with E-state index in [0.717, 1.165) is 19.3 Å². The number of benzene rings is 1. The third-order valence-corrected chi connectivity index (χ3v) is 6.04. The molecule has 0 aliphatic heterocycles. The lowest BCUT2D eigenvalue weighted by Crippen LogP contribution is -2.37. The molecule has 1 N–H and O–H groups in total. The maximum Gasteiger partial charge on any atom is 0.262 e. The molecule has 1 amide bonds. The second-order valence-electron chi connectivity index (χ2n) is 7.74. The molecule has 1 aliphatic carbocycles. The van der Waals surface area contributed by atoms with Crippen LogP contribution in [0.5, 0.6) is 0 Å². The second-order valence-corrected chi connectivity index (χ2v) is 8.68. The van der Waals surface area contributed by atoms with E-state index in [-0.39, 0.29) is 11.5 Å². The topological polar surface area (TPSA) is 64.0 Å². The van der Waals surface area contributed by atoms with Crippen LogP contribution in [0.1, 0.15) is 52.4 Å². The van der Waals surface area contributed by atoms with E-state index in [9.17, 15) is 9.59 Å². The van der Waals surface area contributed by atoms with Crippen molar-refractivity contribution < 1.29 is 4.79 Å². The first-order valence-electron chi connectivity index (χ1n) is 9.96. The first-order valence-corrected chi connectivity index (χ1v) is 10.9. The van der Waals surface area contributed by atoms with Gasteiger partial charge in [-0.1, -0.05) is 57.0 Å². The SMILES string of the molecule is CC(C)CCn1c(SCC(=O)NC2CCCCC2)nc2ccccc2c1=O. The van der Waals surface area contributed by atoms with Crippen LogP contribution in [0.4, 0.5) is 0 Å². The Kier molecular flexibility index (Phi) is 6.94. The largest absolute Gasteiger partial charge is 0.353 e. The number of fused-ring (bicyclic) bond motifs is 1. The lowest BCUT2D eigenvalue weighted by atomic mass is 9.95. The van der Waals surface area contributed by atoms with Crippen LogP contribution in [0.3, 0.4) is 0 Å². The number of hydrogen-bond acceptors (Lipinski definition) is 4. The van der Waals surface area contributed by atoms with Crippen LogP contribution in [0, 0.1) is 5.92 Å². The molecule has 3 rings (SSSR count). The van der Waals surface area contributed by atoms with E-state index in [1.165, 1.54) is 31.0 Å². The number of thioether (sulfide) groups is 1. The number of nitrogens with one attached hydrogen (secondary N) is 1. The lowest BCUT2D eigenvalue weighted by molar-refractivity contribution is -0.119.